The second kappa shape index (κ2) is 1.92. The number of nitrogens with zero attached hydrogens (tertiary/aromatic N) is 1. The van der Waals surface area contributed by atoms with Gasteiger partial charge in [-0.3, -0.25) is 10.4 Å². The summed E-state index contributed by atoms with van der Waals surface area (Å²) in [7, 11) is 0. The first-order chi connectivity index (χ1) is 4.75. The SMILES string of the molecule is ON(O)C1CC12CCCN2. The summed E-state index contributed by atoms with van der Waals surface area (Å²) < 4.78 is 0. The molecule has 0 aromatic heterocycles. The number of hydroxylamine groups is 2. The molecule has 1 aliphatic heterocycles. The van der Waals surface area contributed by atoms with E-state index < -0.39 is 0 Å². The topological polar surface area (TPSA) is 55.7 Å². The molecule has 1 saturated heterocycles. The second-order valence-corrected chi connectivity index (χ2v) is 3.23. The van der Waals surface area contributed by atoms with Crippen molar-refractivity contribution < 1.29 is 10.4 Å². The third-order valence-corrected chi connectivity index (χ3v) is 2.59. The molecule has 1 spiro atoms. The highest BCUT2D eigenvalue weighted by molar-refractivity contribution is 5.16. The highest BCUT2D eigenvalue weighted by atomic mass is 16.8. The molecule has 4 heteroatoms. The van der Waals surface area contributed by atoms with Crippen molar-refractivity contribution in [1.82, 2.24) is 10.5 Å². The van der Waals surface area contributed by atoms with Gasteiger partial charge in [0, 0.05) is 5.54 Å². The monoisotopic (exact) mass is 144 g/mol. The second-order valence-electron chi connectivity index (χ2n) is 3.23. The molecule has 58 valence electrons. The molecule has 3 N–H and O–H groups in total. The Morgan fingerprint density at radius 3 is 2.70 bits per heavy atom. The quantitative estimate of drug-likeness (QED) is 0.452. The number of hydrogen-bond acceptors (Lipinski definition) is 4. The Morgan fingerprint density at radius 1 is 1.50 bits per heavy atom. The van der Waals surface area contributed by atoms with Crippen LogP contribution in [0.5, 0.6) is 0 Å². The van der Waals surface area contributed by atoms with Crippen LogP contribution in [0.4, 0.5) is 0 Å². The first-order valence-electron chi connectivity index (χ1n) is 3.67. The molecule has 1 aliphatic carbocycles. The van der Waals surface area contributed by atoms with Crippen LogP contribution >= 0.6 is 0 Å². The summed E-state index contributed by atoms with van der Waals surface area (Å²) >= 11 is 0. The van der Waals surface area contributed by atoms with Gasteiger partial charge in [0.2, 0.25) is 0 Å². The van der Waals surface area contributed by atoms with Gasteiger partial charge in [-0.1, -0.05) is 5.23 Å². The molecule has 2 aliphatic rings. The number of nitrogens with one attached hydrogen (secondary N) is 1. The fourth-order valence-electron chi connectivity index (χ4n) is 1.88. The van der Waals surface area contributed by atoms with Crippen LogP contribution in [-0.2, 0) is 0 Å². The summed E-state index contributed by atoms with van der Waals surface area (Å²) in [6, 6.07) is -0.0602. The lowest BCUT2D eigenvalue weighted by molar-refractivity contribution is -0.317. The van der Waals surface area contributed by atoms with Crippen molar-refractivity contribution in [2.24, 2.45) is 0 Å². The standard InChI is InChI=1S/C6H12N2O2/c9-8(10)5-4-6(5)2-1-3-7-6/h5,7,9-10H,1-4H2. The summed E-state index contributed by atoms with van der Waals surface area (Å²) in [6.45, 7) is 1.02. The van der Waals surface area contributed by atoms with E-state index in [0.29, 0.717) is 5.23 Å². The van der Waals surface area contributed by atoms with Gasteiger partial charge in [0.15, 0.2) is 0 Å². The molecule has 0 bridgehead atoms. The average Bonchev–Trinajstić information content (AvgIpc) is 2.32. The van der Waals surface area contributed by atoms with E-state index in [2.05, 4.69) is 5.32 Å². The van der Waals surface area contributed by atoms with Gasteiger partial charge in [-0.2, -0.15) is 0 Å². The predicted octanol–water partition coefficient (Wildman–Crippen LogP) is -0.0387. The lowest BCUT2D eigenvalue weighted by atomic mass is 10.2. The summed E-state index contributed by atoms with van der Waals surface area (Å²) in [5, 5.41) is 21.0. The first kappa shape index (κ1) is 6.54. The van der Waals surface area contributed by atoms with Gasteiger partial charge in [0.1, 0.15) is 0 Å². The van der Waals surface area contributed by atoms with Crippen molar-refractivity contribution in [3.8, 4) is 0 Å². The van der Waals surface area contributed by atoms with E-state index in [4.69, 9.17) is 10.4 Å². The van der Waals surface area contributed by atoms with Crippen LogP contribution in [0.1, 0.15) is 19.3 Å². The number of hydrogen-bond donors (Lipinski definition) is 3. The molecule has 0 radical (unpaired) electrons. The maximum atomic E-state index is 8.67. The van der Waals surface area contributed by atoms with E-state index in [1.54, 1.807) is 0 Å². The molecule has 2 rings (SSSR count). The van der Waals surface area contributed by atoms with Gasteiger partial charge in [0.25, 0.3) is 0 Å². The molecule has 0 aromatic rings. The fraction of sp³-hybridized carbons (Fsp3) is 1.00. The van der Waals surface area contributed by atoms with Crippen LogP contribution in [0, 0.1) is 0 Å². The fourth-order valence-corrected chi connectivity index (χ4v) is 1.88. The molecular formula is C6H12N2O2. The molecule has 1 saturated carbocycles. The van der Waals surface area contributed by atoms with Crippen LogP contribution in [0.2, 0.25) is 0 Å². The Hall–Kier alpha value is -0.160. The molecule has 2 unspecified atom stereocenters. The van der Waals surface area contributed by atoms with Crippen LogP contribution in [0.25, 0.3) is 0 Å². The zero-order valence-electron chi connectivity index (χ0n) is 5.75. The molecule has 1 heterocycles. The van der Waals surface area contributed by atoms with E-state index in [0.717, 1.165) is 25.8 Å². The van der Waals surface area contributed by atoms with Gasteiger partial charge in [-0.15, -0.1) is 0 Å². The van der Waals surface area contributed by atoms with Crippen LogP contribution < -0.4 is 5.32 Å². The molecule has 4 nitrogen and oxygen atoms in total. The van der Waals surface area contributed by atoms with Crippen molar-refractivity contribution >= 4 is 0 Å². The molecule has 2 fully saturated rings. The van der Waals surface area contributed by atoms with E-state index in [1.165, 1.54) is 0 Å². The maximum absolute atomic E-state index is 8.67. The summed E-state index contributed by atoms with van der Waals surface area (Å²) in [5.74, 6) is 0. The minimum Gasteiger partial charge on any atom is -0.310 e. The largest absolute Gasteiger partial charge is 0.310 e. The highest BCUT2D eigenvalue weighted by Gasteiger charge is 2.58. The number of rotatable bonds is 1. The molecule has 2 atom stereocenters. The van der Waals surface area contributed by atoms with Crippen molar-refractivity contribution in [3.63, 3.8) is 0 Å². The van der Waals surface area contributed by atoms with Gasteiger partial charge >= 0.3 is 0 Å². The van der Waals surface area contributed by atoms with Crippen molar-refractivity contribution in [2.75, 3.05) is 6.54 Å². The Kier molecular flexibility index (Phi) is 1.25. The first-order valence-corrected chi connectivity index (χ1v) is 3.67. The van der Waals surface area contributed by atoms with Crippen molar-refractivity contribution in [1.29, 1.82) is 0 Å². The highest BCUT2D eigenvalue weighted by Crippen LogP contribution is 2.45. The lowest BCUT2D eigenvalue weighted by Crippen LogP contribution is -2.34. The van der Waals surface area contributed by atoms with Gasteiger partial charge < -0.3 is 5.32 Å². The maximum Gasteiger partial charge on any atom is 0.0823 e. The van der Waals surface area contributed by atoms with E-state index in [9.17, 15) is 0 Å². The smallest absolute Gasteiger partial charge is 0.0823 e. The Morgan fingerprint density at radius 2 is 2.30 bits per heavy atom. The molecule has 0 aromatic carbocycles. The zero-order valence-corrected chi connectivity index (χ0v) is 5.75. The van der Waals surface area contributed by atoms with Crippen molar-refractivity contribution in [2.45, 2.75) is 30.8 Å². The van der Waals surface area contributed by atoms with Gasteiger partial charge in [-0.25, -0.2) is 0 Å². The van der Waals surface area contributed by atoms with Crippen LogP contribution in [0.15, 0.2) is 0 Å². The van der Waals surface area contributed by atoms with Crippen LogP contribution in [-0.4, -0.2) is 33.8 Å². The van der Waals surface area contributed by atoms with Gasteiger partial charge in [0.05, 0.1) is 6.04 Å². The third kappa shape index (κ3) is 0.769. The normalized spacial score (nSPS) is 45.3. The molecular weight excluding hydrogens is 132 g/mol. The summed E-state index contributed by atoms with van der Waals surface area (Å²) in [4.78, 5) is 0. The summed E-state index contributed by atoms with van der Waals surface area (Å²) in [6.07, 6.45) is 3.11. The Labute approximate surface area is 59.4 Å². The van der Waals surface area contributed by atoms with Gasteiger partial charge in [-0.05, 0) is 25.8 Å². The lowest BCUT2D eigenvalue weighted by Gasteiger charge is -2.11. The predicted molar refractivity (Wildman–Crippen MR) is 33.8 cm³/mol. The minimum atomic E-state index is -0.0602. The Balaban J connectivity index is 1.97. The zero-order chi connectivity index (χ0) is 7.19. The molecule has 0 amide bonds. The van der Waals surface area contributed by atoms with Crippen LogP contribution in [0.3, 0.4) is 0 Å². The summed E-state index contributed by atoms with van der Waals surface area (Å²) in [5.41, 5.74) is 0.0590. The Bertz CT molecular complexity index is 143. The van der Waals surface area contributed by atoms with E-state index >= 15 is 0 Å². The molecule has 10 heavy (non-hydrogen) atoms. The van der Waals surface area contributed by atoms with Crippen molar-refractivity contribution in [3.05, 3.63) is 0 Å². The van der Waals surface area contributed by atoms with E-state index in [1.807, 2.05) is 0 Å². The third-order valence-electron chi connectivity index (χ3n) is 2.59. The average molecular weight is 144 g/mol. The van der Waals surface area contributed by atoms with E-state index in [-0.39, 0.29) is 11.6 Å². The minimum absolute atomic E-state index is 0.0590.